The Balaban J connectivity index is 2.23. The van der Waals surface area contributed by atoms with Crippen LogP contribution in [0.1, 0.15) is 26.3 Å². The fraction of sp³-hybridized carbons (Fsp3) is 0.0714. The minimum absolute atomic E-state index is 0.0744. The number of anilines is 1. The summed E-state index contributed by atoms with van der Waals surface area (Å²) in [6, 6.07) is 9.46. The Morgan fingerprint density at radius 1 is 1.16 bits per heavy atom. The highest BCUT2D eigenvalue weighted by Gasteiger charge is 2.11. The predicted molar refractivity (Wildman–Crippen MR) is 70.3 cm³/mol. The first-order valence-corrected chi connectivity index (χ1v) is 5.64. The number of aromatic carboxylic acids is 1. The van der Waals surface area contributed by atoms with Gasteiger partial charge in [-0.2, -0.15) is 0 Å². The molecule has 5 heteroatoms. The molecule has 2 N–H and O–H groups in total. The van der Waals surface area contributed by atoms with E-state index in [2.05, 4.69) is 10.3 Å². The largest absolute Gasteiger partial charge is 0.478 e. The third-order valence-electron chi connectivity index (χ3n) is 2.61. The van der Waals surface area contributed by atoms with E-state index in [0.29, 0.717) is 5.82 Å². The van der Waals surface area contributed by atoms with Gasteiger partial charge in [0.1, 0.15) is 5.82 Å². The zero-order valence-corrected chi connectivity index (χ0v) is 10.3. The van der Waals surface area contributed by atoms with Gasteiger partial charge in [0.2, 0.25) is 0 Å². The maximum atomic E-state index is 12.0. The van der Waals surface area contributed by atoms with Crippen molar-refractivity contribution in [2.24, 2.45) is 0 Å². The van der Waals surface area contributed by atoms with Crippen molar-refractivity contribution in [3.63, 3.8) is 0 Å². The van der Waals surface area contributed by atoms with E-state index >= 15 is 0 Å². The summed E-state index contributed by atoms with van der Waals surface area (Å²) in [5, 5.41) is 11.5. The number of aromatic nitrogens is 1. The van der Waals surface area contributed by atoms with Crippen molar-refractivity contribution in [3.05, 3.63) is 59.3 Å². The lowest BCUT2D eigenvalue weighted by Gasteiger charge is -2.07. The molecule has 0 saturated carbocycles. The van der Waals surface area contributed by atoms with E-state index in [1.54, 1.807) is 18.3 Å². The second-order valence-electron chi connectivity index (χ2n) is 4.01. The lowest BCUT2D eigenvalue weighted by molar-refractivity contribution is 0.0697. The Bertz CT molecular complexity index is 638. The number of nitrogens with one attached hydrogen (secondary N) is 1. The van der Waals surface area contributed by atoms with Gasteiger partial charge in [0.25, 0.3) is 5.91 Å². The van der Waals surface area contributed by atoms with Crippen molar-refractivity contribution >= 4 is 17.7 Å². The number of hydrogen-bond acceptors (Lipinski definition) is 3. The zero-order chi connectivity index (χ0) is 13.8. The number of carbonyl (C=O) groups excluding carboxylic acids is 1. The van der Waals surface area contributed by atoms with Gasteiger partial charge in [0, 0.05) is 11.8 Å². The highest BCUT2D eigenvalue weighted by molar-refractivity contribution is 6.05. The normalized spacial score (nSPS) is 9.95. The zero-order valence-electron chi connectivity index (χ0n) is 10.3. The topological polar surface area (TPSA) is 79.3 Å². The molecule has 19 heavy (non-hydrogen) atoms. The van der Waals surface area contributed by atoms with Crippen molar-refractivity contribution in [2.75, 3.05) is 5.32 Å². The molecule has 0 bridgehead atoms. The molecule has 5 nitrogen and oxygen atoms in total. The van der Waals surface area contributed by atoms with E-state index in [1.165, 1.54) is 18.2 Å². The van der Waals surface area contributed by atoms with Crippen molar-refractivity contribution in [1.82, 2.24) is 4.98 Å². The van der Waals surface area contributed by atoms with Crippen molar-refractivity contribution in [2.45, 2.75) is 6.92 Å². The molecular weight excluding hydrogens is 244 g/mol. The number of benzene rings is 1. The number of aryl methyl sites for hydroxylation is 1. The van der Waals surface area contributed by atoms with Crippen molar-refractivity contribution in [1.29, 1.82) is 0 Å². The van der Waals surface area contributed by atoms with Gasteiger partial charge in [-0.25, -0.2) is 9.78 Å². The standard InChI is InChI=1S/C14H12N2O3/c1-9-4-3-7-15-12(9)16-13(17)10-5-2-6-11(8-10)14(18)19/h2-8H,1H3,(H,18,19)(H,15,16,17). The predicted octanol–water partition coefficient (Wildman–Crippen LogP) is 2.34. The van der Waals surface area contributed by atoms with Crippen molar-refractivity contribution < 1.29 is 14.7 Å². The van der Waals surface area contributed by atoms with Gasteiger partial charge in [-0.15, -0.1) is 0 Å². The fourth-order valence-corrected chi connectivity index (χ4v) is 1.59. The molecule has 0 radical (unpaired) electrons. The molecule has 0 fully saturated rings. The van der Waals surface area contributed by atoms with Crippen LogP contribution in [0.5, 0.6) is 0 Å². The number of pyridine rings is 1. The maximum absolute atomic E-state index is 12.0. The van der Waals surface area contributed by atoms with Gasteiger partial charge >= 0.3 is 5.97 Å². The SMILES string of the molecule is Cc1cccnc1NC(=O)c1cccc(C(=O)O)c1. The summed E-state index contributed by atoms with van der Waals surface area (Å²) >= 11 is 0. The average Bonchev–Trinajstić information content (AvgIpc) is 2.41. The van der Waals surface area contributed by atoms with Gasteiger partial charge in [0.05, 0.1) is 5.56 Å². The molecule has 0 aliphatic rings. The smallest absolute Gasteiger partial charge is 0.335 e. The van der Waals surface area contributed by atoms with Gasteiger partial charge < -0.3 is 10.4 Å². The van der Waals surface area contributed by atoms with Crippen molar-refractivity contribution in [3.8, 4) is 0 Å². The molecule has 96 valence electrons. The summed E-state index contributed by atoms with van der Waals surface area (Å²) < 4.78 is 0. The minimum Gasteiger partial charge on any atom is -0.478 e. The second-order valence-corrected chi connectivity index (χ2v) is 4.01. The van der Waals surface area contributed by atoms with E-state index in [0.717, 1.165) is 5.56 Å². The summed E-state index contributed by atoms with van der Waals surface area (Å²) in [5.74, 6) is -0.984. The van der Waals surface area contributed by atoms with Gasteiger partial charge in [-0.3, -0.25) is 4.79 Å². The summed E-state index contributed by atoms with van der Waals surface area (Å²) in [4.78, 5) is 26.9. The molecule has 1 aromatic carbocycles. The van der Waals surface area contributed by atoms with Gasteiger partial charge in [-0.1, -0.05) is 12.1 Å². The van der Waals surface area contributed by atoms with E-state index in [1.807, 2.05) is 13.0 Å². The van der Waals surface area contributed by atoms with Crippen LogP contribution >= 0.6 is 0 Å². The van der Waals surface area contributed by atoms with Crippen LogP contribution in [-0.2, 0) is 0 Å². The van der Waals surface area contributed by atoms with Crippen LogP contribution in [-0.4, -0.2) is 22.0 Å². The third kappa shape index (κ3) is 2.95. The number of hydrogen-bond donors (Lipinski definition) is 2. The Hall–Kier alpha value is -2.69. The lowest BCUT2D eigenvalue weighted by Crippen LogP contribution is -2.14. The monoisotopic (exact) mass is 256 g/mol. The number of rotatable bonds is 3. The fourth-order valence-electron chi connectivity index (χ4n) is 1.59. The summed E-state index contributed by atoms with van der Waals surface area (Å²) in [5.41, 5.74) is 1.19. The molecule has 0 spiro atoms. The van der Waals surface area contributed by atoms with Crippen LogP contribution < -0.4 is 5.32 Å². The summed E-state index contributed by atoms with van der Waals surface area (Å²) in [6.07, 6.45) is 1.58. The molecule has 2 rings (SSSR count). The first-order valence-electron chi connectivity index (χ1n) is 5.64. The molecule has 0 aliphatic heterocycles. The first kappa shape index (κ1) is 12.8. The van der Waals surface area contributed by atoms with Crippen LogP contribution in [0.25, 0.3) is 0 Å². The van der Waals surface area contributed by atoms with E-state index in [9.17, 15) is 9.59 Å². The quantitative estimate of drug-likeness (QED) is 0.883. The van der Waals surface area contributed by atoms with Gasteiger partial charge in [0.15, 0.2) is 0 Å². The Labute approximate surface area is 109 Å². The van der Waals surface area contributed by atoms with E-state index < -0.39 is 5.97 Å². The van der Waals surface area contributed by atoms with Crippen LogP contribution in [0.4, 0.5) is 5.82 Å². The molecule has 1 amide bonds. The highest BCUT2D eigenvalue weighted by Crippen LogP contribution is 2.12. The average molecular weight is 256 g/mol. The molecule has 0 atom stereocenters. The Morgan fingerprint density at radius 2 is 1.89 bits per heavy atom. The molecule has 1 aromatic heterocycles. The lowest BCUT2D eigenvalue weighted by atomic mass is 10.1. The summed E-state index contributed by atoms with van der Waals surface area (Å²) in [6.45, 7) is 1.83. The molecule has 0 unspecified atom stereocenters. The molecule has 1 heterocycles. The van der Waals surface area contributed by atoms with Crippen LogP contribution in [0.2, 0.25) is 0 Å². The number of carboxylic acids is 1. The van der Waals surface area contributed by atoms with Gasteiger partial charge in [-0.05, 0) is 36.8 Å². The molecule has 2 aromatic rings. The highest BCUT2D eigenvalue weighted by atomic mass is 16.4. The first-order chi connectivity index (χ1) is 9.08. The number of nitrogens with zero attached hydrogens (tertiary/aromatic N) is 1. The Kier molecular flexibility index (Phi) is 3.56. The number of carboxylic acid groups (broad SMARTS) is 1. The third-order valence-corrected chi connectivity index (χ3v) is 2.61. The van der Waals surface area contributed by atoms with E-state index in [4.69, 9.17) is 5.11 Å². The molecular formula is C14H12N2O3. The van der Waals surface area contributed by atoms with E-state index in [-0.39, 0.29) is 17.0 Å². The van der Waals surface area contributed by atoms with Crippen LogP contribution in [0, 0.1) is 6.92 Å². The Morgan fingerprint density at radius 3 is 2.58 bits per heavy atom. The molecule has 0 aliphatic carbocycles. The van der Waals surface area contributed by atoms with Crippen LogP contribution in [0.3, 0.4) is 0 Å². The number of amides is 1. The molecule has 0 saturated heterocycles. The van der Waals surface area contributed by atoms with Crippen LogP contribution in [0.15, 0.2) is 42.6 Å². The number of carbonyl (C=O) groups is 2. The summed E-state index contributed by atoms with van der Waals surface area (Å²) in [7, 11) is 0. The second kappa shape index (κ2) is 5.30. The maximum Gasteiger partial charge on any atom is 0.335 e. The minimum atomic E-state index is -1.07.